The van der Waals surface area contributed by atoms with E-state index in [1.54, 1.807) is 41.5 Å². The minimum Gasteiger partial charge on any atom is -0.449 e. The molecule has 0 aliphatic carbocycles. The molecule has 0 saturated carbocycles. The van der Waals surface area contributed by atoms with Gasteiger partial charge in [0.05, 0.1) is 15.2 Å². The molecule has 8 nitrogen and oxygen atoms in total. The van der Waals surface area contributed by atoms with Gasteiger partial charge in [-0.05, 0) is 63.5 Å². The molecule has 0 aromatic heterocycles. The minimum absolute atomic E-state index is 0.0312. The number of nitrogens with zero attached hydrogens (tertiary/aromatic N) is 1. The van der Waals surface area contributed by atoms with Gasteiger partial charge < -0.3 is 19.3 Å². The molecule has 0 spiro atoms. The van der Waals surface area contributed by atoms with Crippen LogP contribution < -0.4 is 9.64 Å². The predicted octanol–water partition coefficient (Wildman–Crippen LogP) is 5.84. The van der Waals surface area contributed by atoms with E-state index in [0.717, 1.165) is 6.07 Å². The Morgan fingerprint density at radius 3 is 1.81 bits per heavy atom. The van der Waals surface area contributed by atoms with Crippen molar-refractivity contribution in [3.05, 3.63) is 21.6 Å². The molecule has 150 valence electrons. The number of carboxylic acid groups (broad SMARTS) is 1. The van der Waals surface area contributed by atoms with Crippen molar-refractivity contribution in [1.29, 1.82) is 0 Å². The van der Waals surface area contributed by atoms with E-state index in [4.69, 9.17) is 26.2 Å². The highest BCUT2D eigenvalue weighted by Crippen LogP contribution is 2.38. The molecule has 1 aromatic carbocycles. The summed E-state index contributed by atoms with van der Waals surface area (Å²) in [6.07, 6.45) is -3.66. The minimum atomic E-state index is -1.58. The Bertz CT molecular complexity index is 725. The van der Waals surface area contributed by atoms with Crippen molar-refractivity contribution >= 4 is 51.6 Å². The second-order valence-electron chi connectivity index (χ2n) is 7.40. The molecule has 1 aromatic rings. The van der Waals surface area contributed by atoms with Crippen LogP contribution >= 0.6 is 27.5 Å². The smallest absolute Gasteiger partial charge is 0.449 e. The molecule has 0 heterocycles. The van der Waals surface area contributed by atoms with Gasteiger partial charge in [0.25, 0.3) is 0 Å². The zero-order valence-electron chi connectivity index (χ0n) is 15.8. The number of hydrogen-bond acceptors (Lipinski definition) is 6. The molecule has 0 bridgehead atoms. The summed E-state index contributed by atoms with van der Waals surface area (Å²) in [5, 5.41) is 8.81. The fourth-order valence-corrected chi connectivity index (χ4v) is 2.55. The van der Waals surface area contributed by atoms with Gasteiger partial charge in [-0.2, -0.15) is 4.90 Å². The molecule has 0 radical (unpaired) electrons. The first-order valence-corrected chi connectivity index (χ1v) is 8.94. The zero-order chi connectivity index (χ0) is 21.2. The molecule has 0 atom stereocenters. The number of carbonyl (C=O) groups excluding carboxylic acids is 2. The van der Waals surface area contributed by atoms with E-state index in [2.05, 4.69) is 20.7 Å². The van der Waals surface area contributed by atoms with Crippen LogP contribution in [-0.2, 0) is 9.47 Å². The molecule has 10 heteroatoms. The third-order valence-corrected chi connectivity index (χ3v) is 3.51. The second-order valence-corrected chi connectivity index (χ2v) is 8.66. The SMILES string of the molecule is CC(C)(C)OC(=O)N(C(=O)OC(C)(C)C)c1cc(OC(=O)O)c(Br)cc1Cl. The van der Waals surface area contributed by atoms with Crippen molar-refractivity contribution in [2.45, 2.75) is 52.7 Å². The molecule has 1 rings (SSSR count). The first-order valence-electron chi connectivity index (χ1n) is 7.76. The molecule has 0 unspecified atom stereocenters. The standard InChI is InChI=1S/C17H21BrClNO7/c1-16(2,3)26-13(21)20(14(22)27-17(4,5)6)11-8-12(25-15(23)24)9(18)7-10(11)19/h7-8H,1-6H3,(H,23,24). The first-order chi connectivity index (χ1) is 12.1. The van der Waals surface area contributed by atoms with Crippen molar-refractivity contribution in [3.63, 3.8) is 0 Å². The maximum Gasteiger partial charge on any atom is 0.511 e. The van der Waals surface area contributed by atoms with Gasteiger partial charge in [-0.1, -0.05) is 11.6 Å². The summed E-state index contributed by atoms with van der Waals surface area (Å²) in [4.78, 5) is 36.7. The number of anilines is 1. The van der Waals surface area contributed by atoms with Crippen LogP contribution in [0, 0.1) is 0 Å². The third kappa shape index (κ3) is 7.26. The van der Waals surface area contributed by atoms with Gasteiger partial charge in [0.1, 0.15) is 11.2 Å². The van der Waals surface area contributed by atoms with E-state index in [0.29, 0.717) is 4.90 Å². The summed E-state index contributed by atoms with van der Waals surface area (Å²) < 4.78 is 15.4. The summed E-state index contributed by atoms with van der Waals surface area (Å²) in [5.74, 6) is -0.168. The number of imide groups is 1. The fourth-order valence-electron chi connectivity index (χ4n) is 1.75. The lowest BCUT2D eigenvalue weighted by atomic mass is 10.2. The molecule has 0 aliphatic rings. The van der Waals surface area contributed by atoms with Crippen LogP contribution in [-0.4, -0.2) is 34.7 Å². The van der Waals surface area contributed by atoms with Crippen LogP contribution in [0.4, 0.5) is 20.1 Å². The van der Waals surface area contributed by atoms with Crippen molar-refractivity contribution in [2.75, 3.05) is 4.90 Å². The van der Waals surface area contributed by atoms with Gasteiger partial charge >= 0.3 is 18.3 Å². The normalized spacial score (nSPS) is 11.6. The van der Waals surface area contributed by atoms with Crippen LogP contribution in [0.3, 0.4) is 0 Å². The largest absolute Gasteiger partial charge is 0.511 e. The number of halogens is 2. The monoisotopic (exact) mass is 465 g/mol. The molecule has 2 amide bonds. The average Bonchev–Trinajstić information content (AvgIpc) is 2.39. The van der Waals surface area contributed by atoms with Gasteiger partial charge in [-0.3, -0.25) is 0 Å². The lowest BCUT2D eigenvalue weighted by molar-refractivity contribution is 0.0430. The maximum atomic E-state index is 12.6. The predicted molar refractivity (Wildman–Crippen MR) is 103 cm³/mol. The van der Waals surface area contributed by atoms with Crippen LogP contribution in [0.25, 0.3) is 0 Å². The highest BCUT2D eigenvalue weighted by Gasteiger charge is 2.34. The van der Waals surface area contributed by atoms with Crippen molar-refractivity contribution in [1.82, 2.24) is 0 Å². The van der Waals surface area contributed by atoms with E-state index in [9.17, 15) is 14.4 Å². The average molecular weight is 467 g/mol. The van der Waals surface area contributed by atoms with Crippen molar-refractivity contribution in [3.8, 4) is 5.75 Å². The Labute approximate surface area is 170 Å². The quantitative estimate of drug-likeness (QED) is 0.431. The molecular formula is C17H21BrClNO7. The Balaban J connectivity index is 3.47. The number of rotatable bonds is 2. The summed E-state index contributed by atoms with van der Waals surface area (Å²) in [5.41, 5.74) is -1.96. The van der Waals surface area contributed by atoms with E-state index in [1.165, 1.54) is 6.07 Å². The summed E-state index contributed by atoms with van der Waals surface area (Å²) in [6.45, 7) is 9.75. The van der Waals surface area contributed by atoms with Crippen LogP contribution in [0.2, 0.25) is 5.02 Å². The summed E-state index contributed by atoms with van der Waals surface area (Å²) in [7, 11) is 0. The number of carbonyl (C=O) groups is 3. The van der Waals surface area contributed by atoms with Gasteiger partial charge in [0, 0.05) is 6.07 Å². The van der Waals surface area contributed by atoms with Crippen molar-refractivity contribution in [2.24, 2.45) is 0 Å². The number of hydrogen-bond donors (Lipinski definition) is 1. The Morgan fingerprint density at radius 2 is 1.44 bits per heavy atom. The van der Waals surface area contributed by atoms with E-state index >= 15 is 0 Å². The maximum absolute atomic E-state index is 12.6. The lowest BCUT2D eigenvalue weighted by Crippen LogP contribution is -2.44. The second kappa shape index (κ2) is 8.35. The van der Waals surface area contributed by atoms with Gasteiger partial charge in [-0.25, -0.2) is 14.4 Å². The third-order valence-electron chi connectivity index (χ3n) is 2.59. The summed E-state index contributed by atoms with van der Waals surface area (Å²) >= 11 is 9.28. The Morgan fingerprint density at radius 1 is 1.00 bits per heavy atom. The van der Waals surface area contributed by atoms with Crippen LogP contribution in [0.5, 0.6) is 5.75 Å². The molecule has 0 saturated heterocycles. The fraction of sp³-hybridized carbons (Fsp3) is 0.471. The molecule has 0 aliphatic heterocycles. The number of ether oxygens (including phenoxy) is 3. The molecule has 1 N–H and O–H groups in total. The highest BCUT2D eigenvalue weighted by molar-refractivity contribution is 9.10. The Kier molecular flexibility index (Phi) is 7.12. The van der Waals surface area contributed by atoms with E-state index in [-0.39, 0.29) is 20.9 Å². The molecular weight excluding hydrogens is 446 g/mol. The van der Waals surface area contributed by atoms with E-state index in [1.807, 2.05) is 0 Å². The van der Waals surface area contributed by atoms with E-state index < -0.39 is 29.5 Å². The number of amides is 2. The number of benzene rings is 1. The topological polar surface area (TPSA) is 102 Å². The van der Waals surface area contributed by atoms with Gasteiger partial charge in [0.15, 0.2) is 5.75 Å². The Hall–Kier alpha value is -2.00. The molecule has 27 heavy (non-hydrogen) atoms. The molecule has 0 fully saturated rings. The van der Waals surface area contributed by atoms with Crippen LogP contribution in [0.15, 0.2) is 16.6 Å². The zero-order valence-corrected chi connectivity index (χ0v) is 18.1. The van der Waals surface area contributed by atoms with Crippen LogP contribution in [0.1, 0.15) is 41.5 Å². The lowest BCUT2D eigenvalue weighted by Gasteiger charge is -2.29. The van der Waals surface area contributed by atoms with Gasteiger partial charge in [-0.15, -0.1) is 0 Å². The summed E-state index contributed by atoms with van der Waals surface area (Å²) in [6, 6.07) is 2.41. The first kappa shape index (κ1) is 23.0. The van der Waals surface area contributed by atoms with Crippen molar-refractivity contribution < 1.29 is 33.7 Å². The van der Waals surface area contributed by atoms with Gasteiger partial charge in [0.2, 0.25) is 0 Å². The highest BCUT2D eigenvalue weighted by atomic mass is 79.9.